The molecule has 0 saturated heterocycles. The topological polar surface area (TPSA) is 58.4 Å². The molecule has 4 nitrogen and oxygen atoms in total. The van der Waals surface area contributed by atoms with Crippen LogP contribution in [-0.4, -0.2) is 17.1 Å². The molecule has 0 aromatic heterocycles. The van der Waals surface area contributed by atoms with Crippen molar-refractivity contribution < 1.29 is 4.79 Å². The Balaban J connectivity index is 2.71. The SMILES string of the molecule is Cc1ccccc1NC(=O)N(N)C(C)C. The number of nitrogens with zero attached hydrogens (tertiary/aromatic N) is 1. The number of aryl methyl sites for hydroxylation is 1. The van der Waals surface area contributed by atoms with Gasteiger partial charge in [-0.1, -0.05) is 18.2 Å². The molecule has 1 aromatic rings. The van der Waals surface area contributed by atoms with Crippen molar-refractivity contribution in [2.45, 2.75) is 26.8 Å². The number of para-hydroxylation sites is 1. The third-order valence-electron chi connectivity index (χ3n) is 2.18. The Morgan fingerprint density at radius 3 is 2.53 bits per heavy atom. The van der Waals surface area contributed by atoms with E-state index in [1.54, 1.807) is 0 Å². The van der Waals surface area contributed by atoms with Gasteiger partial charge in [-0.15, -0.1) is 0 Å². The minimum Gasteiger partial charge on any atom is -0.306 e. The molecule has 15 heavy (non-hydrogen) atoms. The molecule has 1 aromatic carbocycles. The van der Waals surface area contributed by atoms with Crippen LogP contribution in [0.1, 0.15) is 19.4 Å². The van der Waals surface area contributed by atoms with Crippen molar-refractivity contribution in [3.63, 3.8) is 0 Å². The summed E-state index contributed by atoms with van der Waals surface area (Å²) >= 11 is 0. The van der Waals surface area contributed by atoms with Crippen LogP contribution in [0.4, 0.5) is 10.5 Å². The molecule has 0 fully saturated rings. The number of hydrogen-bond acceptors (Lipinski definition) is 2. The van der Waals surface area contributed by atoms with Crippen LogP contribution in [0.15, 0.2) is 24.3 Å². The van der Waals surface area contributed by atoms with Gasteiger partial charge in [0, 0.05) is 11.7 Å². The normalized spacial score (nSPS) is 10.2. The lowest BCUT2D eigenvalue weighted by molar-refractivity contribution is 0.198. The number of hydrogen-bond donors (Lipinski definition) is 2. The minimum absolute atomic E-state index is 0.0194. The van der Waals surface area contributed by atoms with E-state index in [9.17, 15) is 4.79 Å². The van der Waals surface area contributed by atoms with Crippen molar-refractivity contribution in [2.75, 3.05) is 5.32 Å². The molecular formula is C11H17N3O. The van der Waals surface area contributed by atoms with Crippen LogP contribution in [0, 0.1) is 6.92 Å². The molecule has 0 saturated carbocycles. The zero-order valence-electron chi connectivity index (χ0n) is 9.32. The van der Waals surface area contributed by atoms with Crippen LogP contribution in [0.2, 0.25) is 0 Å². The summed E-state index contributed by atoms with van der Waals surface area (Å²) in [5.41, 5.74) is 1.81. The quantitative estimate of drug-likeness (QED) is 0.443. The minimum atomic E-state index is -0.292. The molecule has 0 aliphatic heterocycles. The molecule has 82 valence electrons. The Morgan fingerprint density at radius 1 is 1.40 bits per heavy atom. The monoisotopic (exact) mass is 207 g/mol. The molecule has 3 N–H and O–H groups in total. The summed E-state index contributed by atoms with van der Waals surface area (Å²) in [5, 5.41) is 3.93. The predicted octanol–water partition coefficient (Wildman–Crippen LogP) is 2.11. The third-order valence-corrected chi connectivity index (χ3v) is 2.18. The zero-order valence-corrected chi connectivity index (χ0v) is 9.32. The number of carbonyl (C=O) groups excluding carboxylic acids is 1. The van der Waals surface area contributed by atoms with Crippen LogP contribution in [-0.2, 0) is 0 Å². The zero-order chi connectivity index (χ0) is 11.4. The van der Waals surface area contributed by atoms with Crippen LogP contribution < -0.4 is 11.2 Å². The fourth-order valence-electron chi connectivity index (χ4n) is 1.13. The lowest BCUT2D eigenvalue weighted by Gasteiger charge is -2.21. The van der Waals surface area contributed by atoms with Crippen molar-refractivity contribution in [3.8, 4) is 0 Å². The van der Waals surface area contributed by atoms with Crippen LogP contribution in [0.5, 0.6) is 0 Å². The Hall–Kier alpha value is -1.55. The number of hydrazine groups is 1. The summed E-state index contributed by atoms with van der Waals surface area (Å²) in [5.74, 6) is 5.58. The second-order valence-electron chi connectivity index (χ2n) is 3.75. The van der Waals surface area contributed by atoms with Gasteiger partial charge in [0.05, 0.1) is 0 Å². The van der Waals surface area contributed by atoms with Gasteiger partial charge < -0.3 is 5.32 Å². The number of anilines is 1. The van der Waals surface area contributed by atoms with Gasteiger partial charge in [0.2, 0.25) is 0 Å². The molecule has 0 spiro atoms. The first-order valence-corrected chi connectivity index (χ1v) is 4.93. The average Bonchev–Trinajstić information content (AvgIpc) is 2.20. The summed E-state index contributed by atoms with van der Waals surface area (Å²) in [6.45, 7) is 5.65. The number of urea groups is 1. The smallest absolute Gasteiger partial charge is 0.306 e. The molecule has 1 rings (SSSR count). The van der Waals surface area contributed by atoms with Crippen molar-refractivity contribution in [1.82, 2.24) is 5.01 Å². The van der Waals surface area contributed by atoms with Crippen LogP contribution in [0.3, 0.4) is 0 Å². The highest BCUT2D eigenvalue weighted by molar-refractivity contribution is 5.89. The van der Waals surface area contributed by atoms with Gasteiger partial charge in [-0.25, -0.2) is 10.6 Å². The van der Waals surface area contributed by atoms with Gasteiger partial charge in [-0.2, -0.15) is 0 Å². The molecule has 0 aliphatic carbocycles. The molecule has 0 aliphatic rings. The summed E-state index contributed by atoms with van der Waals surface area (Å²) in [7, 11) is 0. The van der Waals surface area contributed by atoms with Crippen LogP contribution >= 0.6 is 0 Å². The van der Waals surface area contributed by atoms with Gasteiger partial charge in [-0.3, -0.25) is 5.01 Å². The van der Waals surface area contributed by atoms with E-state index < -0.39 is 0 Å². The summed E-state index contributed by atoms with van der Waals surface area (Å²) in [6, 6.07) is 7.27. The standard InChI is InChI=1S/C11H17N3O/c1-8(2)14(12)11(15)13-10-7-5-4-6-9(10)3/h4-8H,12H2,1-3H3,(H,13,15). The van der Waals surface area contributed by atoms with Crippen molar-refractivity contribution in [3.05, 3.63) is 29.8 Å². The van der Waals surface area contributed by atoms with E-state index in [-0.39, 0.29) is 12.1 Å². The lowest BCUT2D eigenvalue weighted by Crippen LogP contribution is -2.45. The molecule has 0 heterocycles. The Labute approximate surface area is 90.0 Å². The first-order chi connectivity index (χ1) is 7.02. The number of nitrogens with one attached hydrogen (secondary N) is 1. The maximum absolute atomic E-state index is 11.6. The Morgan fingerprint density at radius 2 is 2.00 bits per heavy atom. The summed E-state index contributed by atoms with van der Waals surface area (Å²) in [4.78, 5) is 11.6. The second kappa shape index (κ2) is 4.79. The van der Waals surface area contributed by atoms with Gasteiger partial charge >= 0.3 is 6.03 Å². The highest BCUT2D eigenvalue weighted by atomic mass is 16.2. The molecular weight excluding hydrogens is 190 g/mol. The van der Waals surface area contributed by atoms with E-state index in [1.165, 1.54) is 5.01 Å². The van der Waals surface area contributed by atoms with E-state index in [0.29, 0.717) is 0 Å². The van der Waals surface area contributed by atoms with E-state index in [1.807, 2.05) is 45.0 Å². The van der Waals surface area contributed by atoms with E-state index in [2.05, 4.69) is 5.32 Å². The maximum atomic E-state index is 11.6. The molecule has 0 bridgehead atoms. The van der Waals surface area contributed by atoms with E-state index in [4.69, 9.17) is 5.84 Å². The average molecular weight is 207 g/mol. The number of amides is 2. The molecule has 0 radical (unpaired) electrons. The summed E-state index contributed by atoms with van der Waals surface area (Å²) in [6.07, 6.45) is 0. The highest BCUT2D eigenvalue weighted by Crippen LogP contribution is 2.13. The van der Waals surface area contributed by atoms with Gasteiger partial charge in [0.25, 0.3) is 0 Å². The third kappa shape index (κ3) is 2.95. The highest BCUT2D eigenvalue weighted by Gasteiger charge is 2.12. The Kier molecular flexibility index (Phi) is 3.68. The van der Waals surface area contributed by atoms with E-state index in [0.717, 1.165) is 11.3 Å². The lowest BCUT2D eigenvalue weighted by atomic mass is 10.2. The van der Waals surface area contributed by atoms with Gasteiger partial charge in [-0.05, 0) is 32.4 Å². The fourth-order valence-corrected chi connectivity index (χ4v) is 1.13. The molecule has 2 amide bonds. The van der Waals surface area contributed by atoms with Gasteiger partial charge in [0.15, 0.2) is 0 Å². The first kappa shape index (κ1) is 11.5. The number of rotatable bonds is 2. The predicted molar refractivity (Wildman–Crippen MR) is 61.4 cm³/mol. The molecule has 4 heteroatoms. The van der Waals surface area contributed by atoms with Crippen molar-refractivity contribution >= 4 is 11.7 Å². The largest absolute Gasteiger partial charge is 0.336 e. The molecule has 0 atom stereocenters. The number of nitrogens with two attached hydrogens (primary N) is 1. The fraction of sp³-hybridized carbons (Fsp3) is 0.364. The first-order valence-electron chi connectivity index (χ1n) is 4.93. The number of benzene rings is 1. The Bertz CT molecular complexity index is 349. The molecule has 0 unspecified atom stereocenters. The van der Waals surface area contributed by atoms with Crippen LogP contribution in [0.25, 0.3) is 0 Å². The maximum Gasteiger partial charge on any atom is 0.336 e. The second-order valence-corrected chi connectivity index (χ2v) is 3.75. The number of carbonyl (C=O) groups is 1. The summed E-state index contributed by atoms with van der Waals surface area (Å²) < 4.78 is 0. The van der Waals surface area contributed by atoms with E-state index >= 15 is 0 Å². The van der Waals surface area contributed by atoms with Crippen molar-refractivity contribution in [1.29, 1.82) is 0 Å². The van der Waals surface area contributed by atoms with Crippen molar-refractivity contribution in [2.24, 2.45) is 5.84 Å². The van der Waals surface area contributed by atoms with Gasteiger partial charge in [0.1, 0.15) is 0 Å².